The molecule has 0 aliphatic carbocycles. The molecule has 0 radical (unpaired) electrons. The number of aryl methyl sites for hydroxylation is 5. The number of benzene rings is 9. The summed E-state index contributed by atoms with van der Waals surface area (Å²) < 4.78 is 0. The fourth-order valence-corrected chi connectivity index (χ4v) is 8.32. The zero-order chi connectivity index (χ0) is 42.6. The number of anilines is 9. The third-order valence-corrected chi connectivity index (χ3v) is 11.5. The normalized spacial score (nSPS) is 11.0. The third-order valence-electron chi connectivity index (χ3n) is 11.5. The summed E-state index contributed by atoms with van der Waals surface area (Å²) in [5, 5.41) is 0. The second kappa shape index (κ2) is 17.5. The fourth-order valence-electron chi connectivity index (χ4n) is 8.32. The van der Waals surface area contributed by atoms with Crippen molar-refractivity contribution in [1.29, 1.82) is 0 Å². The third kappa shape index (κ3) is 8.66. The van der Waals surface area contributed by atoms with Crippen LogP contribution in [0.2, 0.25) is 0 Å². The lowest BCUT2D eigenvalue weighted by molar-refractivity contribution is 1.26. The fraction of sp³-hybridized carbons (Fsp3) is 0.0847. The predicted molar refractivity (Wildman–Crippen MR) is 265 cm³/mol. The van der Waals surface area contributed by atoms with Crippen LogP contribution in [0.5, 0.6) is 0 Å². The first-order valence-electron chi connectivity index (χ1n) is 21.4. The van der Waals surface area contributed by atoms with Gasteiger partial charge < -0.3 is 14.7 Å². The van der Waals surface area contributed by atoms with Crippen LogP contribution in [0.25, 0.3) is 22.3 Å². The standard InChI is InChI=1S/C59H51N3/c1-42-18-28-51(29-19-42)60(56-14-6-10-43(2)38-56)52-30-20-47(21-31-52)48-22-32-53(33-23-48)61(57-15-7-11-44(3)39-57)54-34-24-49(25-35-54)50-26-36-55(37-27-50)62(58-16-8-12-45(4)40-58)59-17-9-13-46(5)41-59/h6-41H,1-5H3. The molecule has 0 aromatic heterocycles. The van der Waals surface area contributed by atoms with E-state index in [0.29, 0.717) is 0 Å². The maximum absolute atomic E-state index is 2.34. The molecule has 0 aliphatic rings. The van der Waals surface area contributed by atoms with Gasteiger partial charge in [-0.3, -0.25) is 0 Å². The van der Waals surface area contributed by atoms with E-state index in [2.05, 4.69) is 268 Å². The number of nitrogens with zero attached hydrogens (tertiary/aromatic N) is 3. The molecule has 9 aromatic rings. The van der Waals surface area contributed by atoms with Crippen molar-refractivity contribution in [3.8, 4) is 22.3 Å². The van der Waals surface area contributed by atoms with Gasteiger partial charge in [0.25, 0.3) is 0 Å². The van der Waals surface area contributed by atoms with E-state index in [4.69, 9.17) is 0 Å². The lowest BCUT2D eigenvalue weighted by atomic mass is 10.0. The van der Waals surface area contributed by atoms with Crippen LogP contribution in [0.3, 0.4) is 0 Å². The smallest absolute Gasteiger partial charge is 0.0464 e. The molecule has 0 amide bonds. The van der Waals surface area contributed by atoms with Gasteiger partial charge >= 0.3 is 0 Å². The molecule has 9 rings (SSSR count). The molecule has 0 saturated carbocycles. The topological polar surface area (TPSA) is 9.72 Å². The molecule has 0 fully saturated rings. The molecule has 3 heteroatoms. The second-order valence-corrected chi connectivity index (χ2v) is 16.4. The van der Waals surface area contributed by atoms with Gasteiger partial charge in [0, 0.05) is 51.2 Å². The SMILES string of the molecule is Cc1ccc(N(c2ccc(-c3ccc(N(c4ccc(-c5ccc(N(c6cccc(C)c6)c6cccc(C)c6)cc5)cc4)c4cccc(C)c4)cc3)cc2)c2cccc(C)c2)cc1. The Balaban J connectivity index is 0.987. The Labute approximate surface area is 367 Å². The van der Waals surface area contributed by atoms with Crippen LogP contribution in [0, 0.1) is 34.6 Å². The molecule has 0 atom stereocenters. The first-order chi connectivity index (χ1) is 30.3. The van der Waals surface area contributed by atoms with Crippen molar-refractivity contribution >= 4 is 51.2 Å². The molecule has 302 valence electrons. The molecule has 62 heavy (non-hydrogen) atoms. The minimum Gasteiger partial charge on any atom is -0.310 e. The average molecular weight is 802 g/mol. The predicted octanol–water partition coefficient (Wildman–Crippen LogP) is 17.0. The quantitative estimate of drug-likeness (QED) is 0.129. The van der Waals surface area contributed by atoms with Crippen molar-refractivity contribution in [3.05, 3.63) is 246 Å². The van der Waals surface area contributed by atoms with E-state index in [-0.39, 0.29) is 0 Å². The molecule has 0 N–H and O–H groups in total. The van der Waals surface area contributed by atoms with Crippen LogP contribution in [-0.4, -0.2) is 0 Å². The molecule has 9 aromatic carbocycles. The highest BCUT2D eigenvalue weighted by molar-refractivity contribution is 5.83. The van der Waals surface area contributed by atoms with Crippen molar-refractivity contribution in [2.75, 3.05) is 14.7 Å². The molecule has 0 saturated heterocycles. The van der Waals surface area contributed by atoms with E-state index < -0.39 is 0 Å². The van der Waals surface area contributed by atoms with E-state index in [9.17, 15) is 0 Å². The highest BCUT2D eigenvalue weighted by Crippen LogP contribution is 2.40. The Kier molecular flexibility index (Phi) is 11.3. The van der Waals surface area contributed by atoms with Gasteiger partial charge in [-0.05, 0) is 188 Å². The Hall–Kier alpha value is -7.62. The summed E-state index contributed by atoms with van der Waals surface area (Å²) >= 11 is 0. The van der Waals surface area contributed by atoms with Gasteiger partial charge in [-0.15, -0.1) is 0 Å². The number of hydrogen-bond donors (Lipinski definition) is 0. The minimum atomic E-state index is 1.10. The Morgan fingerprint density at radius 1 is 0.194 bits per heavy atom. The first kappa shape index (κ1) is 39.8. The minimum absolute atomic E-state index is 1.10. The summed E-state index contributed by atoms with van der Waals surface area (Å²) in [6.07, 6.45) is 0. The Bertz CT molecular complexity index is 2880. The van der Waals surface area contributed by atoms with Crippen LogP contribution in [0.15, 0.2) is 218 Å². The van der Waals surface area contributed by atoms with Crippen LogP contribution in [-0.2, 0) is 0 Å². The zero-order valence-corrected chi connectivity index (χ0v) is 36.1. The van der Waals surface area contributed by atoms with E-state index in [1.54, 1.807) is 0 Å². The van der Waals surface area contributed by atoms with Crippen molar-refractivity contribution in [3.63, 3.8) is 0 Å². The summed E-state index contributed by atoms with van der Waals surface area (Å²) in [4.78, 5) is 7.00. The van der Waals surface area contributed by atoms with E-state index >= 15 is 0 Å². The van der Waals surface area contributed by atoms with Crippen molar-refractivity contribution < 1.29 is 0 Å². The lowest BCUT2D eigenvalue weighted by Gasteiger charge is -2.27. The van der Waals surface area contributed by atoms with E-state index in [1.807, 2.05) is 0 Å². The van der Waals surface area contributed by atoms with E-state index in [1.165, 1.54) is 50.1 Å². The van der Waals surface area contributed by atoms with Crippen LogP contribution in [0.1, 0.15) is 27.8 Å². The molecule has 0 unspecified atom stereocenters. The van der Waals surface area contributed by atoms with Crippen LogP contribution < -0.4 is 14.7 Å². The highest BCUT2D eigenvalue weighted by atomic mass is 15.2. The highest BCUT2D eigenvalue weighted by Gasteiger charge is 2.17. The van der Waals surface area contributed by atoms with Gasteiger partial charge in [-0.2, -0.15) is 0 Å². The largest absolute Gasteiger partial charge is 0.310 e. The summed E-state index contributed by atoms with van der Waals surface area (Å²) in [6.45, 7) is 10.7. The second-order valence-electron chi connectivity index (χ2n) is 16.4. The van der Waals surface area contributed by atoms with Gasteiger partial charge in [-0.25, -0.2) is 0 Å². The van der Waals surface area contributed by atoms with Crippen molar-refractivity contribution in [1.82, 2.24) is 0 Å². The Morgan fingerprint density at radius 2 is 0.403 bits per heavy atom. The van der Waals surface area contributed by atoms with Gasteiger partial charge in [0.2, 0.25) is 0 Å². The summed E-state index contributed by atoms with van der Waals surface area (Å²) in [5.74, 6) is 0. The van der Waals surface area contributed by atoms with Crippen molar-refractivity contribution in [2.24, 2.45) is 0 Å². The summed E-state index contributed by atoms with van der Waals surface area (Å²) in [6, 6.07) is 79.3. The van der Waals surface area contributed by atoms with Crippen LogP contribution in [0.4, 0.5) is 51.2 Å². The molecule has 0 bridgehead atoms. The maximum atomic E-state index is 2.34. The maximum Gasteiger partial charge on any atom is 0.0464 e. The Morgan fingerprint density at radius 3 is 0.629 bits per heavy atom. The van der Waals surface area contributed by atoms with Crippen LogP contribution >= 0.6 is 0 Å². The first-order valence-corrected chi connectivity index (χ1v) is 21.4. The van der Waals surface area contributed by atoms with Gasteiger partial charge in [0.05, 0.1) is 0 Å². The molecular formula is C59H51N3. The molecule has 0 heterocycles. The van der Waals surface area contributed by atoms with Gasteiger partial charge in [-0.1, -0.05) is 115 Å². The number of rotatable bonds is 11. The molecule has 0 aliphatic heterocycles. The molecular weight excluding hydrogens is 751 g/mol. The number of hydrogen-bond acceptors (Lipinski definition) is 3. The summed E-state index contributed by atoms with van der Waals surface area (Å²) in [7, 11) is 0. The van der Waals surface area contributed by atoms with Gasteiger partial charge in [0.15, 0.2) is 0 Å². The zero-order valence-electron chi connectivity index (χ0n) is 36.1. The molecule has 3 nitrogen and oxygen atoms in total. The van der Waals surface area contributed by atoms with Gasteiger partial charge in [0.1, 0.15) is 0 Å². The summed E-state index contributed by atoms with van der Waals surface area (Å²) in [5.41, 5.74) is 21.0. The van der Waals surface area contributed by atoms with Crippen molar-refractivity contribution in [2.45, 2.75) is 34.6 Å². The van der Waals surface area contributed by atoms with E-state index in [0.717, 1.165) is 51.2 Å². The average Bonchev–Trinajstić information content (AvgIpc) is 3.29. The monoisotopic (exact) mass is 801 g/mol. The lowest BCUT2D eigenvalue weighted by Crippen LogP contribution is -2.10. The molecule has 0 spiro atoms.